The molecule has 0 aromatic heterocycles. The van der Waals surface area contributed by atoms with E-state index in [1.165, 1.54) is 7.11 Å². The summed E-state index contributed by atoms with van der Waals surface area (Å²) in [6.07, 6.45) is 3.17. The quantitative estimate of drug-likeness (QED) is 0.357. The Labute approximate surface area is 75.1 Å². The van der Waals surface area contributed by atoms with Gasteiger partial charge in [0.15, 0.2) is 0 Å². The molecule has 1 radical (unpaired) electrons. The molecule has 0 aliphatic rings. The van der Waals surface area contributed by atoms with Crippen LogP contribution < -0.4 is 0 Å². The number of thiol groups is 1. The van der Waals surface area contributed by atoms with Gasteiger partial charge in [0, 0.05) is 13.7 Å². The molecule has 0 atom stereocenters. The third-order valence-corrected chi connectivity index (χ3v) is 2.32. The molecule has 0 heterocycles. The van der Waals surface area contributed by atoms with Crippen molar-refractivity contribution in [3.05, 3.63) is 0 Å². The SMILES string of the molecule is CO[Si](O)OCCCCCS. The standard InChI is InChI=1S/C6H15O3SSi/c1-8-11(7)9-5-3-2-4-6-10/h7,10H,2-6H2,1H3. The zero-order chi connectivity index (χ0) is 8.53. The lowest BCUT2D eigenvalue weighted by atomic mass is 10.3. The molecule has 0 aliphatic carbocycles. The van der Waals surface area contributed by atoms with E-state index in [1.807, 2.05) is 0 Å². The highest BCUT2D eigenvalue weighted by Gasteiger charge is 2.08. The molecule has 0 unspecified atom stereocenters. The highest BCUT2D eigenvalue weighted by atomic mass is 32.1. The molecule has 3 nitrogen and oxygen atoms in total. The summed E-state index contributed by atoms with van der Waals surface area (Å²) >= 11 is 4.07. The Balaban J connectivity index is 2.89. The lowest BCUT2D eigenvalue weighted by Crippen LogP contribution is -2.20. The van der Waals surface area contributed by atoms with Crippen molar-refractivity contribution >= 4 is 22.2 Å². The van der Waals surface area contributed by atoms with Gasteiger partial charge < -0.3 is 13.6 Å². The zero-order valence-corrected chi connectivity index (χ0v) is 8.64. The smallest absolute Gasteiger partial charge is 0.387 e. The van der Waals surface area contributed by atoms with E-state index in [9.17, 15) is 0 Å². The van der Waals surface area contributed by atoms with Gasteiger partial charge in [0.1, 0.15) is 0 Å². The van der Waals surface area contributed by atoms with E-state index in [1.54, 1.807) is 0 Å². The monoisotopic (exact) mass is 195 g/mol. The Kier molecular flexibility index (Phi) is 8.89. The molecule has 0 aliphatic heterocycles. The van der Waals surface area contributed by atoms with Crippen LogP contribution in [0.2, 0.25) is 0 Å². The van der Waals surface area contributed by atoms with Crippen LogP contribution in [0.15, 0.2) is 0 Å². The second-order valence-electron chi connectivity index (χ2n) is 2.10. The average Bonchev–Trinajstić information content (AvgIpc) is 2.04. The first kappa shape index (κ1) is 11.4. The fourth-order valence-electron chi connectivity index (χ4n) is 0.609. The molecule has 0 aromatic carbocycles. The van der Waals surface area contributed by atoms with Crippen molar-refractivity contribution in [3.8, 4) is 0 Å². The molecule has 0 spiro atoms. The van der Waals surface area contributed by atoms with E-state index in [-0.39, 0.29) is 0 Å². The molecule has 0 bridgehead atoms. The molecular formula is C6H15O3SSi. The van der Waals surface area contributed by atoms with Gasteiger partial charge in [0.05, 0.1) is 0 Å². The molecule has 1 N–H and O–H groups in total. The third-order valence-electron chi connectivity index (χ3n) is 1.20. The van der Waals surface area contributed by atoms with Crippen molar-refractivity contribution in [2.45, 2.75) is 19.3 Å². The minimum atomic E-state index is -1.94. The number of hydrogen-bond donors (Lipinski definition) is 2. The first-order valence-corrected chi connectivity index (χ1v) is 5.54. The van der Waals surface area contributed by atoms with Gasteiger partial charge in [-0.2, -0.15) is 12.6 Å². The summed E-state index contributed by atoms with van der Waals surface area (Å²) in [5, 5.41) is 0. The Morgan fingerprint density at radius 3 is 2.64 bits per heavy atom. The fourth-order valence-corrected chi connectivity index (χ4v) is 1.27. The maximum absolute atomic E-state index is 8.86. The fraction of sp³-hybridized carbons (Fsp3) is 1.00. The molecule has 0 aromatic rings. The van der Waals surface area contributed by atoms with Crippen LogP contribution in [0.4, 0.5) is 0 Å². The summed E-state index contributed by atoms with van der Waals surface area (Å²) in [5.41, 5.74) is 0. The minimum Gasteiger partial charge on any atom is -0.387 e. The first-order valence-electron chi connectivity index (χ1n) is 3.65. The second-order valence-corrected chi connectivity index (χ2v) is 3.78. The Morgan fingerprint density at radius 2 is 2.09 bits per heavy atom. The molecule has 0 saturated heterocycles. The van der Waals surface area contributed by atoms with E-state index in [2.05, 4.69) is 17.1 Å². The first-order chi connectivity index (χ1) is 5.31. The summed E-state index contributed by atoms with van der Waals surface area (Å²) in [7, 11) is -0.489. The van der Waals surface area contributed by atoms with E-state index in [0.29, 0.717) is 6.61 Å². The summed E-state index contributed by atoms with van der Waals surface area (Å²) in [4.78, 5) is 8.86. The zero-order valence-electron chi connectivity index (χ0n) is 6.75. The summed E-state index contributed by atoms with van der Waals surface area (Å²) in [5.74, 6) is 0.918. The molecule has 0 fully saturated rings. The van der Waals surface area contributed by atoms with Crippen LogP contribution in [-0.4, -0.2) is 33.8 Å². The van der Waals surface area contributed by atoms with Gasteiger partial charge >= 0.3 is 9.53 Å². The second kappa shape index (κ2) is 8.54. The molecular weight excluding hydrogens is 180 g/mol. The van der Waals surface area contributed by atoms with Crippen LogP contribution in [0.1, 0.15) is 19.3 Å². The summed E-state index contributed by atoms with van der Waals surface area (Å²) in [6.45, 7) is 0.590. The van der Waals surface area contributed by atoms with E-state index in [4.69, 9.17) is 9.22 Å². The molecule has 67 valence electrons. The summed E-state index contributed by atoms with van der Waals surface area (Å²) in [6, 6.07) is 0. The lowest BCUT2D eigenvalue weighted by Gasteiger charge is -2.04. The van der Waals surface area contributed by atoms with Gasteiger partial charge in [-0.05, 0) is 18.6 Å². The maximum Gasteiger partial charge on any atom is 0.574 e. The third kappa shape index (κ3) is 8.35. The average molecular weight is 195 g/mol. The van der Waals surface area contributed by atoms with Gasteiger partial charge in [0.2, 0.25) is 0 Å². The number of hydrogen-bond acceptors (Lipinski definition) is 4. The molecule has 0 rings (SSSR count). The van der Waals surface area contributed by atoms with Gasteiger partial charge in [-0.1, -0.05) is 6.42 Å². The number of rotatable bonds is 7. The van der Waals surface area contributed by atoms with Gasteiger partial charge in [0.25, 0.3) is 0 Å². The van der Waals surface area contributed by atoms with Crippen molar-refractivity contribution in [1.29, 1.82) is 0 Å². The number of unbranched alkanes of at least 4 members (excludes halogenated alkanes) is 2. The highest BCUT2D eigenvalue weighted by molar-refractivity contribution is 7.80. The largest absolute Gasteiger partial charge is 0.574 e. The van der Waals surface area contributed by atoms with Crippen LogP contribution in [-0.2, 0) is 8.85 Å². The van der Waals surface area contributed by atoms with Crippen molar-refractivity contribution in [1.82, 2.24) is 0 Å². The molecule has 0 amide bonds. The molecule has 11 heavy (non-hydrogen) atoms. The van der Waals surface area contributed by atoms with Crippen LogP contribution in [0.25, 0.3) is 0 Å². The topological polar surface area (TPSA) is 38.7 Å². The van der Waals surface area contributed by atoms with Crippen molar-refractivity contribution in [3.63, 3.8) is 0 Å². The van der Waals surface area contributed by atoms with Crippen LogP contribution in [0, 0.1) is 0 Å². The highest BCUT2D eigenvalue weighted by Crippen LogP contribution is 1.97. The van der Waals surface area contributed by atoms with Crippen molar-refractivity contribution in [2.75, 3.05) is 19.5 Å². The predicted molar refractivity (Wildman–Crippen MR) is 48.6 cm³/mol. The van der Waals surface area contributed by atoms with Crippen LogP contribution in [0.3, 0.4) is 0 Å². The van der Waals surface area contributed by atoms with Crippen molar-refractivity contribution in [2.24, 2.45) is 0 Å². The Hall–Kier alpha value is 0.447. The van der Waals surface area contributed by atoms with Gasteiger partial charge in [-0.15, -0.1) is 0 Å². The van der Waals surface area contributed by atoms with Gasteiger partial charge in [-0.3, -0.25) is 0 Å². The normalized spacial score (nSPS) is 10.9. The van der Waals surface area contributed by atoms with Gasteiger partial charge in [-0.25, -0.2) is 0 Å². The summed E-state index contributed by atoms with van der Waals surface area (Å²) < 4.78 is 9.52. The maximum atomic E-state index is 8.86. The predicted octanol–water partition coefficient (Wildman–Crippen LogP) is 0.727. The molecule has 5 heteroatoms. The molecule has 0 saturated carbocycles. The van der Waals surface area contributed by atoms with Crippen molar-refractivity contribution < 1.29 is 13.6 Å². The van der Waals surface area contributed by atoms with E-state index in [0.717, 1.165) is 25.0 Å². The van der Waals surface area contributed by atoms with E-state index < -0.39 is 9.53 Å². The minimum absolute atomic E-state index is 0.590. The van der Waals surface area contributed by atoms with Crippen LogP contribution >= 0.6 is 12.6 Å². The Morgan fingerprint density at radius 1 is 1.36 bits per heavy atom. The van der Waals surface area contributed by atoms with Crippen LogP contribution in [0.5, 0.6) is 0 Å². The van der Waals surface area contributed by atoms with E-state index >= 15 is 0 Å². The Bertz CT molecular complexity index is 84.2. The lowest BCUT2D eigenvalue weighted by molar-refractivity contribution is 0.156.